The van der Waals surface area contributed by atoms with Crippen LogP contribution in [0.2, 0.25) is 10.0 Å². The van der Waals surface area contributed by atoms with Crippen LogP contribution in [0.25, 0.3) is 0 Å². The summed E-state index contributed by atoms with van der Waals surface area (Å²) in [7, 11) is 0. The maximum absolute atomic E-state index is 12.8. The second-order valence-electron chi connectivity index (χ2n) is 7.18. The molecule has 2 aliphatic heterocycles. The average molecular weight is 426 g/mol. The standard InChI is InChI=1S/C19H25Cl2N5O2/c1-3-18(27)26-10-13(11-26)24-4-6-25(7-5-24)19(28)12(2)23-17-9-15(21)14(20)8-16(17)22/h3,8-9,12-13,23H,1,4-7,10-11,22H2,2H3. The number of nitrogens with two attached hydrogens (primary N) is 1. The number of benzene rings is 1. The zero-order valence-electron chi connectivity index (χ0n) is 15.8. The van der Waals surface area contributed by atoms with Gasteiger partial charge in [-0.1, -0.05) is 29.8 Å². The van der Waals surface area contributed by atoms with Crippen molar-refractivity contribution < 1.29 is 9.59 Å². The van der Waals surface area contributed by atoms with Gasteiger partial charge < -0.3 is 20.9 Å². The molecule has 0 aromatic heterocycles. The van der Waals surface area contributed by atoms with Crippen molar-refractivity contribution in [3.63, 3.8) is 0 Å². The minimum absolute atomic E-state index is 0.0159. The van der Waals surface area contributed by atoms with Crippen LogP contribution in [0.4, 0.5) is 11.4 Å². The first-order valence-corrected chi connectivity index (χ1v) is 10.0. The molecule has 7 nitrogen and oxygen atoms in total. The summed E-state index contributed by atoms with van der Waals surface area (Å²) in [6, 6.07) is 3.14. The molecule has 2 heterocycles. The molecular formula is C19H25Cl2N5O2. The average Bonchev–Trinajstić information content (AvgIpc) is 2.64. The van der Waals surface area contributed by atoms with Crippen molar-refractivity contribution in [1.82, 2.24) is 14.7 Å². The molecule has 0 spiro atoms. The number of hydrogen-bond donors (Lipinski definition) is 2. The number of carbonyl (C=O) groups is 2. The normalized spacial score (nSPS) is 19.1. The fourth-order valence-corrected chi connectivity index (χ4v) is 3.89. The molecule has 1 unspecified atom stereocenters. The van der Waals surface area contributed by atoms with Crippen LogP contribution in [0, 0.1) is 0 Å². The van der Waals surface area contributed by atoms with Crippen LogP contribution >= 0.6 is 23.2 Å². The number of carbonyl (C=O) groups excluding carboxylic acids is 2. The number of hydrogen-bond acceptors (Lipinski definition) is 5. The van der Waals surface area contributed by atoms with Crippen LogP contribution in [0.1, 0.15) is 6.92 Å². The Hall–Kier alpha value is -1.96. The Labute approximate surface area is 175 Å². The maximum Gasteiger partial charge on any atom is 0.246 e. The Morgan fingerprint density at radius 1 is 1.18 bits per heavy atom. The summed E-state index contributed by atoms with van der Waals surface area (Å²) in [5, 5.41) is 3.89. The first-order valence-electron chi connectivity index (χ1n) is 9.25. The van der Waals surface area contributed by atoms with Crippen LogP contribution in [0.15, 0.2) is 24.8 Å². The molecule has 2 amide bonds. The molecule has 1 aromatic rings. The predicted octanol–water partition coefficient (Wildman–Crippen LogP) is 1.92. The van der Waals surface area contributed by atoms with Crippen molar-refractivity contribution >= 4 is 46.4 Å². The van der Waals surface area contributed by atoms with E-state index in [1.54, 1.807) is 24.0 Å². The van der Waals surface area contributed by atoms with E-state index in [1.165, 1.54) is 6.08 Å². The van der Waals surface area contributed by atoms with Gasteiger partial charge in [0.15, 0.2) is 0 Å². The van der Waals surface area contributed by atoms with Gasteiger partial charge >= 0.3 is 0 Å². The molecule has 3 N–H and O–H groups in total. The number of piperazine rings is 1. The van der Waals surface area contributed by atoms with E-state index >= 15 is 0 Å². The molecule has 0 radical (unpaired) electrons. The van der Waals surface area contributed by atoms with Gasteiger partial charge in [0.25, 0.3) is 0 Å². The summed E-state index contributed by atoms with van der Waals surface area (Å²) in [4.78, 5) is 30.3. The minimum Gasteiger partial charge on any atom is -0.397 e. The first kappa shape index (κ1) is 20.8. The lowest BCUT2D eigenvalue weighted by molar-refractivity contribution is -0.136. The maximum atomic E-state index is 12.8. The number of nitrogens with zero attached hydrogens (tertiary/aromatic N) is 3. The fourth-order valence-electron chi connectivity index (χ4n) is 3.56. The summed E-state index contributed by atoms with van der Waals surface area (Å²) in [5.74, 6) is -0.00580. The van der Waals surface area contributed by atoms with Crippen molar-refractivity contribution in [1.29, 1.82) is 0 Å². The van der Waals surface area contributed by atoms with Gasteiger partial charge in [0.1, 0.15) is 6.04 Å². The van der Waals surface area contributed by atoms with Crippen molar-refractivity contribution in [2.75, 3.05) is 50.3 Å². The predicted molar refractivity (Wildman–Crippen MR) is 113 cm³/mol. The van der Waals surface area contributed by atoms with Gasteiger partial charge in [-0.25, -0.2) is 0 Å². The Kier molecular flexibility index (Phi) is 6.37. The van der Waals surface area contributed by atoms with Gasteiger partial charge in [-0.15, -0.1) is 0 Å². The third-order valence-corrected chi connectivity index (χ3v) is 6.05. The summed E-state index contributed by atoms with van der Waals surface area (Å²) < 4.78 is 0. The highest BCUT2D eigenvalue weighted by atomic mass is 35.5. The molecule has 1 atom stereocenters. The minimum atomic E-state index is -0.435. The highest BCUT2D eigenvalue weighted by Gasteiger charge is 2.36. The van der Waals surface area contributed by atoms with Gasteiger partial charge in [-0.3, -0.25) is 14.5 Å². The molecule has 1 aromatic carbocycles. The molecule has 0 aliphatic carbocycles. The number of likely N-dealkylation sites (tertiary alicyclic amines) is 1. The van der Waals surface area contributed by atoms with Crippen LogP contribution in [0.3, 0.4) is 0 Å². The SMILES string of the molecule is C=CC(=O)N1CC(N2CCN(C(=O)C(C)Nc3cc(Cl)c(Cl)cc3N)CC2)C1. The third kappa shape index (κ3) is 4.37. The van der Waals surface area contributed by atoms with Crippen molar-refractivity contribution in [2.45, 2.75) is 19.0 Å². The van der Waals surface area contributed by atoms with E-state index < -0.39 is 6.04 Å². The number of rotatable bonds is 5. The largest absolute Gasteiger partial charge is 0.397 e. The lowest BCUT2D eigenvalue weighted by atomic mass is 10.1. The van der Waals surface area contributed by atoms with Gasteiger partial charge in [0.05, 0.1) is 21.4 Å². The molecule has 2 fully saturated rings. The van der Waals surface area contributed by atoms with E-state index in [4.69, 9.17) is 28.9 Å². The molecule has 3 rings (SSSR count). The number of anilines is 2. The van der Waals surface area contributed by atoms with Crippen molar-refractivity contribution in [2.24, 2.45) is 0 Å². The van der Waals surface area contributed by atoms with Crippen LogP contribution in [-0.2, 0) is 9.59 Å². The van der Waals surface area contributed by atoms with E-state index in [-0.39, 0.29) is 11.8 Å². The van der Waals surface area contributed by atoms with Gasteiger partial charge in [0.2, 0.25) is 11.8 Å². The van der Waals surface area contributed by atoms with E-state index in [1.807, 2.05) is 4.90 Å². The molecule has 152 valence electrons. The molecule has 0 saturated carbocycles. The van der Waals surface area contributed by atoms with E-state index in [0.717, 1.165) is 26.2 Å². The second-order valence-corrected chi connectivity index (χ2v) is 8.00. The molecule has 0 bridgehead atoms. The lowest BCUT2D eigenvalue weighted by Gasteiger charge is -2.48. The monoisotopic (exact) mass is 425 g/mol. The van der Waals surface area contributed by atoms with Crippen LogP contribution < -0.4 is 11.1 Å². The number of nitrogen functional groups attached to an aromatic ring is 1. The van der Waals surface area contributed by atoms with E-state index in [9.17, 15) is 9.59 Å². The molecule has 9 heteroatoms. The Morgan fingerprint density at radius 3 is 2.39 bits per heavy atom. The quantitative estimate of drug-likeness (QED) is 0.556. The van der Waals surface area contributed by atoms with Crippen molar-refractivity contribution in [3.05, 3.63) is 34.8 Å². The highest BCUT2D eigenvalue weighted by Crippen LogP contribution is 2.31. The molecule has 2 aliphatic rings. The smallest absolute Gasteiger partial charge is 0.246 e. The summed E-state index contributed by atoms with van der Waals surface area (Å²) in [5.41, 5.74) is 7.00. The third-order valence-electron chi connectivity index (χ3n) is 5.33. The van der Waals surface area contributed by atoms with Crippen LogP contribution in [-0.4, -0.2) is 77.9 Å². The Morgan fingerprint density at radius 2 is 1.79 bits per heavy atom. The number of amides is 2. The van der Waals surface area contributed by atoms with E-state index in [2.05, 4.69) is 16.8 Å². The van der Waals surface area contributed by atoms with Gasteiger partial charge in [-0.2, -0.15) is 0 Å². The van der Waals surface area contributed by atoms with Crippen molar-refractivity contribution in [3.8, 4) is 0 Å². The van der Waals surface area contributed by atoms with Crippen LogP contribution in [0.5, 0.6) is 0 Å². The molecular weight excluding hydrogens is 401 g/mol. The zero-order chi connectivity index (χ0) is 20.4. The summed E-state index contributed by atoms with van der Waals surface area (Å²) >= 11 is 12.0. The summed E-state index contributed by atoms with van der Waals surface area (Å²) in [6.07, 6.45) is 1.35. The fraction of sp³-hybridized carbons (Fsp3) is 0.474. The van der Waals surface area contributed by atoms with Gasteiger partial charge in [0, 0.05) is 45.3 Å². The summed E-state index contributed by atoms with van der Waals surface area (Å²) in [6.45, 7) is 9.70. The Bertz CT molecular complexity index is 774. The zero-order valence-corrected chi connectivity index (χ0v) is 17.3. The molecule has 28 heavy (non-hydrogen) atoms. The topological polar surface area (TPSA) is 81.9 Å². The second kappa shape index (κ2) is 8.59. The lowest BCUT2D eigenvalue weighted by Crippen LogP contribution is -2.64. The highest BCUT2D eigenvalue weighted by molar-refractivity contribution is 6.42. The number of halogens is 2. The number of nitrogens with one attached hydrogen (secondary N) is 1. The van der Waals surface area contributed by atoms with E-state index in [0.29, 0.717) is 40.6 Å². The Balaban J connectivity index is 1.49. The molecule has 2 saturated heterocycles. The first-order chi connectivity index (χ1) is 13.3. The van der Waals surface area contributed by atoms with Gasteiger partial charge in [-0.05, 0) is 25.1 Å².